The maximum Gasteiger partial charge on any atom is 0.270 e. The van der Waals surface area contributed by atoms with Gasteiger partial charge in [-0.15, -0.1) is 0 Å². The first-order valence-electron chi connectivity index (χ1n) is 5.42. The Morgan fingerprint density at radius 2 is 2.41 bits per heavy atom. The molecule has 1 atom stereocenters. The Morgan fingerprint density at radius 3 is 3.00 bits per heavy atom. The molecule has 0 saturated carbocycles. The molecule has 1 fully saturated rings. The molecule has 0 amide bonds. The van der Waals surface area contributed by atoms with Gasteiger partial charge >= 0.3 is 0 Å². The Balaban J connectivity index is 1.98. The largest absolute Gasteiger partial charge is 0.384 e. The minimum Gasteiger partial charge on any atom is -0.384 e. The molecule has 92 valence electrons. The number of anilines is 1. The molecule has 17 heavy (non-hydrogen) atoms. The van der Waals surface area contributed by atoms with Crippen LogP contribution in [0.15, 0.2) is 22.7 Å². The molecule has 1 saturated heterocycles. The van der Waals surface area contributed by atoms with Crippen molar-refractivity contribution < 1.29 is 9.66 Å². The highest BCUT2D eigenvalue weighted by atomic mass is 79.9. The molecule has 1 heterocycles. The average molecular weight is 301 g/mol. The summed E-state index contributed by atoms with van der Waals surface area (Å²) in [6.07, 6.45) is 1.07. The van der Waals surface area contributed by atoms with E-state index in [1.807, 2.05) is 0 Å². The highest BCUT2D eigenvalue weighted by Gasteiger charge is 2.16. The molecule has 1 unspecified atom stereocenters. The number of nitrogens with zero attached hydrogens (tertiary/aromatic N) is 1. The van der Waals surface area contributed by atoms with E-state index in [9.17, 15) is 10.1 Å². The van der Waals surface area contributed by atoms with E-state index in [1.54, 1.807) is 6.07 Å². The van der Waals surface area contributed by atoms with E-state index in [1.165, 1.54) is 12.1 Å². The lowest BCUT2D eigenvalue weighted by Gasteiger charge is -2.11. The van der Waals surface area contributed by atoms with Crippen LogP contribution in [0.3, 0.4) is 0 Å². The van der Waals surface area contributed by atoms with Crippen molar-refractivity contribution in [2.45, 2.75) is 6.42 Å². The number of halogens is 1. The quantitative estimate of drug-likeness (QED) is 0.686. The van der Waals surface area contributed by atoms with E-state index in [2.05, 4.69) is 21.2 Å². The summed E-state index contributed by atoms with van der Waals surface area (Å²) in [5.74, 6) is 0.525. The third kappa shape index (κ3) is 3.17. The summed E-state index contributed by atoms with van der Waals surface area (Å²) in [4.78, 5) is 10.2. The lowest BCUT2D eigenvalue weighted by Crippen LogP contribution is -2.14. The monoisotopic (exact) mass is 300 g/mol. The van der Waals surface area contributed by atoms with Crippen LogP contribution in [0.1, 0.15) is 6.42 Å². The van der Waals surface area contributed by atoms with Crippen molar-refractivity contribution in [2.75, 3.05) is 25.1 Å². The van der Waals surface area contributed by atoms with Crippen LogP contribution in [-0.2, 0) is 4.74 Å². The van der Waals surface area contributed by atoms with E-state index in [0.717, 1.165) is 31.9 Å². The SMILES string of the molecule is O=[N+]([O-])c1ccc(NCC2CCOC2)c(Br)c1. The minimum atomic E-state index is -0.403. The number of ether oxygens (including phenoxy) is 1. The molecule has 1 aromatic rings. The Bertz CT molecular complexity index is 419. The Morgan fingerprint density at radius 1 is 1.59 bits per heavy atom. The molecule has 0 aromatic heterocycles. The molecule has 1 aliphatic heterocycles. The van der Waals surface area contributed by atoms with Crippen molar-refractivity contribution in [1.29, 1.82) is 0 Å². The molecular formula is C11H13BrN2O3. The Kier molecular flexibility index (Phi) is 3.96. The van der Waals surface area contributed by atoms with Gasteiger partial charge in [0, 0.05) is 41.4 Å². The van der Waals surface area contributed by atoms with Crippen LogP contribution in [0.2, 0.25) is 0 Å². The lowest BCUT2D eigenvalue weighted by molar-refractivity contribution is -0.384. The predicted molar refractivity (Wildman–Crippen MR) is 68.2 cm³/mol. The van der Waals surface area contributed by atoms with Crippen LogP contribution in [-0.4, -0.2) is 24.7 Å². The number of rotatable bonds is 4. The van der Waals surface area contributed by atoms with Gasteiger partial charge in [0.05, 0.1) is 11.5 Å². The fourth-order valence-electron chi connectivity index (χ4n) is 1.76. The maximum absolute atomic E-state index is 10.6. The van der Waals surface area contributed by atoms with Gasteiger partial charge in [-0.3, -0.25) is 10.1 Å². The molecule has 0 bridgehead atoms. The average Bonchev–Trinajstić information content (AvgIpc) is 2.80. The Hall–Kier alpha value is -1.14. The topological polar surface area (TPSA) is 64.4 Å². The zero-order valence-corrected chi connectivity index (χ0v) is 10.8. The van der Waals surface area contributed by atoms with Crippen LogP contribution in [0.4, 0.5) is 11.4 Å². The van der Waals surface area contributed by atoms with Crippen molar-refractivity contribution in [3.05, 3.63) is 32.8 Å². The van der Waals surface area contributed by atoms with Gasteiger partial charge in [0.25, 0.3) is 5.69 Å². The fourth-order valence-corrected chi connectivity index (χ4v) is 2.27. The molecular weight excluding hydrogens is 288 g/mol. The molecule has 1 N–H and O–H groups in total. The summed E-state index contributed by atoms with van der Waals surface area (Å²) in [7, 11) is 0. The first-order chi connectivity index (χ1) is 8.16. The smallest absolute Gasteiger partial charge is 0.270 e. The predicted octanol–water partition coefficient (Wildman–Crippen LogP) is 2.81. The van der Waals surface area contributed by atoms with Crippen LogP contribution in [0.5, 0.6) is 0 Å². The summed E-state index contributed by atoms with van der Waals surface area (Å²) in [6.45, 7) is 2.45. The second-order valence-corrected chi connectivity index (χ2v) is 4.89. The minimum absolute atomic E-state index is 0.0895. The van der Waals surface area contributed by atoms with Crippen molar-refractivity contribution in [3.63, 3.8) is 0 Å². The first-order valence-corrected chi connectivity index (χ1v) is 6.21. The molecule has 1 aromatic carbocycles. The molecule has 0 radical (unpaired) electrons. The summed E-state index contributed by atoms with van der Waals surface area (Å²) in [5.41, 5.74) is 0.967. The molecule has 2 rings (SSSR count). The van der Waals surface area contributed by atoms with Crippen molar-refractivity contribution in [1.82, 2.24) is 0 Å². The number of hydrogen-bond acceptors (Lipinski definition) is 4. The van der Waals surface area contributed by atoms with E-state index < -0.39 is 4.92 Å². The van der Waals surface area contributed by atoms with Gasteiger partial charge in [0.2, 0.25) is 0 Å². The number of nitro benzene ring substituents is 1. The zero-order valence-electron chi connectivity index (χ0n) is 9.19. The molecule has 0 aliphatic carbocycles. The van der Waals surface area contributed by atoms with Crippen molar-refractivity contribution in [3.8, 4) is 0 Å². The highest BCUT2D eigenvalue weighted by Crippen LogP contribution is 2.27. The van der Waals surface area contributed by atoms with Gasteiger partial charge in [-0.25, -0.2) is 0 Å². The molecule has 1 aliphatic rings. The van der Waals surface area contributed by atoms with E-state index in [0.29, 0.717) is 10.4 Å². The standard InChI is InChI=1S/C11H13BrN2O3/c12-10-5-9(14(15)16)1-2-11(10)13-6-8-3-4-17-7-8/h1-2,5,8,13H,3-4,6-7H2. The lowest BCUT2D eigenvalue weighted by atomic mass is 10.1. The third-order valence-corrected chi connectivity index (χ3v) is 3.42. The fraction of sp³-hybridized carbons (Fsp3) is 0.455. The molecule has 0 spiro atoms. The summed E-state index contributed by atoms with van der Waals surface area (Å²) >= 11 is 3.33. The van der Waals surface area contributed by atoms with E-state index in [-0.39, 0.29) is 5.69 Å². The summed E-state index contributed by atoms with van der Waals surface area (Å²) < 4.78 is 6.00. The van der Waals surface area contributed by atoms with Gasteiger partial charge in [0.15, 0.2) is 0 Å². The van der Waals surface area contributed by atoms with Gasteiger partial charge in [-0.2, -0.15) is 0 Å². The summed E-state index contributed by atoms with van der Waals surface area (Å²) in [6, 6.07) is 4.73. The normalized spacial score (nSPS) is 19.2. The van der Waals surface area contributed by atoms with Gasteiger partial charge < -0.3 is 10.1 Å². The second-order valence-electron chi connectivity index (χ2n) is 4.03. The number of nitrogens with one attached hydrogen (secondary N) is 1. The van der Waals surface area contributed by atoms with Gasteiger partial charge in [-0.1, -0.05) is 0 Å². The zero-order chi connectivity index (χ0) is 12.3. The van der Waals surface area contributed by atoms with Crippen LogP contribution in [0, 0.1) is 16.0 Å². The second kappa shape index (κ2) is 5.46. The van der Waals surface area contributed by atoms with Crippen molar-refractivity contribution >= 4 is 27.3 Å². The Labute approximate surface area is 107 Å². The molecule has 5 nitrogen and oxygen atoms in total. The van der Waals surface area contributed by atoms with Crippen molar-refractivity contribution in [2.24, 2.45) is 5.92 Å². The van der Waals surface area contributed by atoms with Gasteiger partial charge in [-0.05, 0) is 28.4 Å². The highest BCUT2D eigenvalue weighted by molar-refractivity contribution is 9.10. The van der Waals surface area contributed by atoms with E-state index >= 15 is 0 Å². The van der Waals surface area contributed by atoms with Crippen LogP contribution < -0.4 is 5.32 Å². The van der Waals surface area contributed by atoms with Gasteiger partial charge in [0.1, 0.15) is 0 Å². The first kappa shape index (κ1) is 12.3. The number of non-ortho nitro benzene ring substituents is 1. The number of hydrogen-bond donors (Lipinski definition) is 1. The van der Waals surface area contributed by atoms with E-state index in [4.69, 9.17) is 4.74 Å². The number of nitro groups is 1. The molecule has 6 heteroatoms. The third-order valence-electron chi connectivity index (χ3n) is 2.77. The summed E-state index contributed by atoms with van der Waals surface area (Å²) in [5, 5.41) is 13.9. The number of benzene rings is 1. The maximum atomic E-state index is 10.6. The van der Waals surface area contributed by atoms with Crippen LogP contribution >= 0.6 is 15.9 Å². The van der Waals surface area contributed by atoms with Crippen LogP contribution in [0.25, 0.3) is 0 Å².